The van der Waals surface area contributed by atoms with Gasteiger partial charge in [-0.05, 0) is 65.2 Å². The molecule has 0 fully saturated rings. The summed E-state index contributed by atoms with van der Waals surface area (Å²) in [5.41, 5.74) is 6.01. The molecule has 0 saturated carbocycles. The van der Waals surface area contributed by atoms with Crippen LogP contribution in [0.25, 0.3) is 10.8 Å². The molecule has 0 atom stereocenters. The number of amides is 2. The van der Waals surface area contributed by atoms with E-state index < -0.39 is 0 Å². The number of nitrogens with one attached hydrogen (secondary N) is 2. The maximum atomic E-state index is 12.4. The summed E-state index contributed by atoms with van der Waals surface area (Å²) in [5.74, 6) is -0.510. The van der Waals surface area contributed by atoms with E-state index in [0.29, 0.717) is 16.8 Å². The van der Waals surface area contributed by atoms with E-state index >= 15 is 0 Å². The lowest BCUT2D eigenvalue weighted by Gasteiger charge is -2.08. The first-order valence-corrected chi connectivity index (χ1v) is 9.89. The van der Waals surface area contributed by atoms with Gasteiger partial charge < -0.3 is 5.32 Å². The number of fused-ring (bicyclic) bond motifs is 1. The van der Waals surface area contributed by atoms with Crippen molar-refractivity contribution < 1.29 is 9.59 Å². The first-order valence-electron chi connectivity index (χ1n) is 9.89. The third-order valence-corrected chi connectivity index (χ3v) is 4.95. The number of anilines is 1. The van der Waals surface area contributed by atoms with Crippen LogP contribution in [-0.4, -0.2) is 18.0 Å². The summed E-state index contributed by atoms with van der Waals surface area (Å²) in [6.07, 6.45) is 1.61. The molecule has 5 heteroatoms. The molecule has 0 radical (unpaired) electrons. The van der Waals surface area contributed by atoms with E-state index in [2.05, 4.69) is 15.8 Å². The van der Waals surface area contributed by atoms with Gasteiger partial charge >= 0.3 is 0 Å². The normalized spacial score (nSPS) is 10.9. The number of benzene rings is 4. The van der Waals surface area contributed by atoms with Crippen molar-refractivity contribution in [2.75, 3.05) is 5.32 Å². The zero-order valence-electron chi connectivity index (χ0n) is 17.0. The van der Waals surface area contributed by atoms with Gasteiger partial charge in [0.2, 0.25) is 0 Å². The first kappa shape index (κ1) is 20.0. The number of carbonyl (C=O) groups excluding carboxylic acids is 2. The fourth-order valence-corrected chi connectivity index (χ4v) is 3.25. The van der Waals surface area contributed by atoms with Crippen molar-refractivity contribution in [1.82, 2.24) is 5.43 Å². The van der Waals surface area contributed by atoms with Gasteiger partial charge in [0.05, 0.1) is 6.21 Å². The summed E-state index contributed by atoms with van der Waals surface area (Å²) in [6, 6.07) is 28.1. The van der Waals surface area contributed by atoms with Crippen molar-refractivity contribution in [3.63, 3.8) is 0 Å². The van der Waals surface area contributed by atoms with Gasteiger partial charge in [-0.1, -0.05) is 54.6 Å². The Hall–Kier alpha value is -4.25. The summed E-state index contributed by atoms with van der Waals surface area (Å²) < 4.78 is 0. The molecule has 0 aliphatic carbocycles. The summed E-state index contributed by atoms with van der Waals surface area (Å²) in [7, 11) is 0. The number of hydrogen-bond donors (Lipinski definition) is 2. The third-order valence-electron chi connectivity index (χ3n) is 4.95. The molecule has 0 aliphatic heterocycles. The maximum absolute atomic E-state index is 12.4. The largest absolute Gasteiger partial charge is 0.322 e. The van der Waals surface area contributed by atoms with Crippen molar-refractivity contribution in [3.8, 4) is 0 Å². The molecule has 4 aromatic carbocycles. The topological polar surface area (TPSA) is 70.6 Å². The average Bonchev–Trinajstić information content (AvgIpc) is 2.79. The van der Waals surface area contributed by atoms with Crippen LogP contribution in [0.2, 0.25) is 0 Å². The number of carbonyl (C=O) groups is 2. The van der Waals surface area contributed by atoms with Crippen LogP contribution in [0.1, 0.15) is 31.8 Å². The van der Waals surface area contributed by atoms with Crippen molar-refractivity contribution in [2.45, 2.75) is 6.92 Å². The van der Waals surface area contributed by atoms with Gasteiger partial charge in [0.25, 0.3) is 11.8 Å². The summed E-state index contributed by atoms with van der Waals surface area (Å²) in [5, 5.41) is 9.16. The molecular formula is C26H21N3O2. The highest BCUT2D eigenvalue weighted by atomic mass is 16.2. The number of nitrogens with zero attached hydrogens (tertiary/aromatic N) is 1. The van der Waals surface area contributed by atoms with E-state index in [0.717, 1.165) is 21.9 Å². The second-order valence-electron chi connectivity index (χ2n) is 7.15. The molecule has 5 nitrogen and oxygen atoms in total. The summed E-state index contributed by atoms with van der Waals surface area (Å²) in [6.45, 7) is 1.89. The van der Waals surface area contributed by atoms with E-state index in [-0.39, 0.29) is 11.8 Å². The highest BCUT2D eigenvalue weighted by Gasteiger charge is 2.09. The summed E-state index contributed by atoms with van der Waals surface area (Å²) in [4.78, 5) is 24.7. The van der Waals surface area contributed by atoms with Crippen LogP contribution >= 0.6 is 0 Å². The molecule has 4 aromatic rings. The maximum Gasteiger partial charge on any atom is 0.271 e. The fraction of sp³-hybridized carbons (Fsp3) is 0.0385. The van der Waals surface area contributed by atoms with Crippen LogP contribution in [0.3, 0.4) is 0 Å². The van der Waals surface area contributed by atoms with Gasteiger partial charge in [0.1, 0.15) is 0 Å². The minimum Gasteiger partial charge on any atom is -0.322 e. The van der Waals surface area contributed by atoms with E-state index in [4.69, 9.17) is 0 Å². The number of aryl methyl sites for hydroxylation is 1. The Morgan fingerprint density at radius 3 is 2.26 bits per heavy atom. The smallest absolute Gasteiger partial charge is 0.271 e. The molecule has 2 N–H and O–H groups in total. The molecule has 0 saturated heterocycles. The Kier molecular flexibility index (Phi) is 5.85. The predicted octanol–water partition coefficient (Wildman–Crippen LogP) is 5.16. The average molecular weight is 407 g/mol. The van der Waals surface area contributed by atoms with E-state index in [1.165, 1.54) is 0 Å². The summed E-state index contributed by atoms with van der Waals surface area (Å²) >= 11 is 0. The third kappa shape index (κ3) is 4.85. The van der Waals surface area contributed by atoms with Gasteiger partial charge in [-0.3, -0.25) is 9.59 Å². The molecule has 0 aromatic heterocycles. The number of hydrazone groups is 1. The van der Waals surface area contributed by atoms with E-state index in [1.807, 2.05) is 67.6 Å². The molecule has 4 rings (SSSR count). The fourth-order valence-electron chi connectivity index (χ4n) is 3.25. The molecule has 0 aliphatic rings. The van der Waals surface area contributed by atoms with Crippen LogP contribution in [-0.2, 0) is 0 Å². The quantitative estimate of drug-likeness (QED) is 0.354. The molecular weight excluding hydrogens is 386 g/mol. The minimum atomic E-state index is -0.325. The number of hydrogen-bond acceptors (Lipinski definition) is 3. The first-order chi connectivity index (χ1) is 15.1. The van der Waals surface area contributed by atoms with Crippen LogP contribution in [0.15, 0.2) is 96.1 Å². The number of rotatable bonds is 5. The van der Waals surface area contributed by atoms with Gasteiger partial charge in [-0.25, -0.2) is 5.43 Å². The van der Waals surface area contributed by atoms with Gasteiger partial charge in [-0.15, -0.1) is 0 Å². The molecule has 0 heterocycles. The minimum absolute atomic E-state index is 0.185. The lowest BCUT2D eigenvalue weighted by atomic mass is 10.1. The monoisotopic (exact) mass is 407 g/mol. The second kappa shape index (κ2) is 9.05. The van der Waals surface area contributed by atoms with Crippen molar-refractivity contribution in [3.05, 3.63) is 113 Å². The van der Waals surface area contributed by atoms with Crippen LogP contribution in [0.4, 0.5) is 5.69 Å². The highest BCUT2D eigenvalue weighted by molar-refractivity contribution is 6.05. The van der Waals surface area contributed by atoms with Crippen molar-refractivity contribution in [1.29, 1.82) is 0 Å². The van der Waals surface area contributed by atoms with Crippen LogP contribution < -0.4 is 10.7 Å². The highest BCUT2D eigenvalue weighted by Crippen LogP contribution is 2.15. The van der Waals surface area contributed by atoms with Gasteiger partial charge in [0, 0.05) is 16.8 Å². The lowest BCUT2D eigenvalue weighted by molar-refractivity contribution is 0.0954. The Balaban J connectivity index is 1.37. The molecule has 0 bridgehead atoms. The molecule has 31 heavy (non-hydrogen) atoms. The van der Waals surface area contributed by atoms with Crippen LogP contribution in [0, 0.1) is 6.92 Å². The Morgan fingerprint density at radius 2 is 1.48 bits per heavy atom. The molecule has 2 amide bonds. The molecule has 0 spiro atoms. The Morgan fingerprint density at radius 1 is 0.774 bits per heavy atom. The zero-order valence-corrected chi connectivity index (χ0v) is 17.0. The van der Waals surface area contributed by atoms with E-state index in [9.17, 15) is 9.59 Å². The van der Waals surface area contributed by atoms with Crippen LogP contribution in [0.5, 0.6) is 0 Å². The van der Waals surface area contributed by atoms with Gasteiger partial charge in [0.15, 0.2) is 0 Å². The second-order valence-corrected chi connectivity index (χ2v) is 7.15. The predicted molar refractivity (Wildman–Crippen MR) is 125 cm³/mol. The van der Waals surface area contributed by atoms with Crippen molar-refractivity contribution >= 4 is 34.5 Å². The lowest BCUT2D eigenvalue weighted by Crippen LogP contribution is -2.18. The molecule has 152 valence electrons. The Labute approximate surface area is 180 Å². The van der Waals surface area contributed by atoms with Crippen molar-refractivity contribution in [2.24, 2.45) is 5.10 Å². The van der Waals surface area contributed by atoms with E-state index in [1.54, 1.807) is 36.5 Å². The molecule has 0 unspecified atom stereocenters. The zero-order chi connectivity index (χ0) is 21.6. The Bertz CT molecular complexity index is 1280. The van der Waals surface area contributed by atoms with Gasteiger partial charge in [-0.2, -0.15) is 5.10 Å². The SMILES string of the molecule is Cc1ccccc1C(=O)Nc1ccc(C(=O)N/N=C/c2ccc3ccccc3c2)cc1. The standard InChI is InChI=1S/C26H21N3O2/c1-18-6-2-5-9-24(18)26(31)28-23-14-12-21(13-15-23)25(30)29-27-17-19-10-11-20-7-3-4-8-22(20)16-19/h2-17H,1H3,(H,28,31)(H,29,30)/b27-17+.